The normalized spacial score (nSPS) is 15.8. The van der Waals surface area contributed by atoms with Gasteiger partial charge in [-0.3, -0.25) is 9.89 Å². The van der Waals surface area contributed by atoms with Crippen LogP contribution in [-0.4, -0.2) is 27.1 Å². The number of carbonyl (C=O) groups excluding carboxylic acids is 1. The van der Waals surface area contributed by atoms with Crippen molar-refractivity contribution in [1.82, 2.24) is 20.6 Å². The zero-order valence-electron chi connectivity index (χ0n) is 13.2. The van der Waals surface area contributed by atoms with Crippen molar-refractivity contribution < 1.29 is 9.21 Å². The Bertz CT molecular complexity index is 1050. The van der Waals surface area contributed by atoms with E-state index in [2.05, 4.69) is 25.7 Å². The number of hydrazone groups is 1. The Morgan fingerprint density at radius 1 is 1.23 bits per heavy atom. The summed E-state index contributed by atoms with van der Waals surface area (Å²) in [7, 11) is 0. The molecular formula is C16H9Cl2N6O2-. The molecule has 3 heterocycles. The standard InChI is InChI=1S/C16H9Cl2N6O2/c1-8-11(15(25)24(21-8)16-19-22-23-20-16)7-10-3-5-14(26-10)12-6-9(17)2-4-13(12)18/h2-7H,1H3/q-1/b11-7-. The van der Waals surface area contributed by atoms with Crippen molar-refractivity contribution in [2.45, 2.75) is 6.92 Å². The Kier molecular flexibility index (Phi) is 4.06. The van der Waals surface area contributed by atoms with Gasteiger partial charge in [-0.15, -0.1) is 5.21 Å². The average Bonchev–Trinajstić information content (AvgIpc) is 3.34. The molecule has 0 fully saturated rings. The first-order valence-corrected chi connectivity index (χ1v) is 8.14. The van der Waals surface area contributed by atoms with Crippen LogP contribution in [0.2, 0.25) is 10.0 Å². The zero-order chi connectivity index (χ0) is 18.3. The molecule has 26 heavy (non-hydrogen) atoms. The molecule has 0 spiro atoms. The van der Waals surface area contributed by atoms with Crippen molar-refractivity contribution in [3.8, 4) is 11.3 Å². The quantitative estimate of drug-likeness (QED) is 0.639. The smallest absolute Gasteiger partial charge is 0.239 e. The third kappa shape index (κ3) is 2.89. The van der Waals surface area contributed by atoms with Crippen molar-refractivity contribution in [3.63, 3.8) is 0 Å². The molecular weight excluding hydrogens is 379 g/mol. The maximum absolute atomic E-state index is 12.5. The SMILES string of the molecule is CC1=NN(c2nnn[n-]2)C(=O)/C1=C\c1ccc(-c2cc(Cl)ccc2Cl)o1. The van der Waals surface area contributed by atoms with Crippen LogP contribution in [0.4, 0.5) is 5.95 Å². The number of halogens is 2. The lowest BCUT2D eigenvalue weighted by Gasteiger charge is -2.11. The fraction of sp³-hybridized carbons (Fsp3) is 0.0625. The van der Waals surface area contributed by atoms with Gasteiger partial charge in [0.15, 0.2) is 0 Å². The van der Waals surface area contributed by atoms with Crippen molar-refractivity contribution in [2.24, 2.45) is 5.10 Å². The van der Waals surface area contributed by atoms with Crippen LogP contribution >= 0.6 is 23.2 Å². The molecule has 0 aliphatic carbocycles. The first kappa shape index (κ1) is 16.5. The van der Waals surface area contributed by atoms with Gasteiger partial charge in [0.1, 0.15) is 17.5 Å². The molecule has 0 saturated heterocycles. The molecule has 1 amide bonds. The Morgan fingerprint density at radius 2 is 2.08 bits per heavy atom. The number of tetrazole rings is 1. The average molecular weight is 388 g/mol. The number of hydrogen-bond acceptors (Lipinski definition) is 6. The molecule has 1 aliphatic rings. The molecule has 3 aromatic rings. The Balaban J connectivity index is 1.66. The second kappa shape index (κ2) is 6.40. The van der Waals surface area contributed by atoms with Crippen LogP contribution in [0.15, 0.2) is 45.4 Å². The van der Waals surface area contributed by atoms with E-state index < -0.39 is 5.91 Å². The van der Waals surface area contributed by atoms with Crippen LogP contribution in [0, 0.1) is 0 Å². The Morgan fingerprint density at radius 3 is 2.85 bits per heavy atom. The lowest BCUT2D eigenvalue weighted by molar-refractivity contribution is -0.114. The molecule has 0 unspecified atom stereocenters. The van der Waals surface area contributed by atoms with Crippen LogP contribution in [0.1, 0.15) is 12.7 Å². The Hall–Kier alpha value is -2.97. The minimum Gasteiger partial charge on any atom is -0.457 e. The fourth-order valence-electron chi connectivity index (χ4n) is 2.45. The first-order chi connectivity index (χ1) is 12.5. The third-order valence-electron chi connectivity index (χ3n) is 3.67. The number of nitrogens with zero attached hydrogens (tertiary/aromatic N) is 6. The summed E-state index contributed by atoms with van der Waals surface area (Å²) >= 11 is 12.2. The van der Waals surface area contributed by atoms with E-state index in [-0.39, 0.29) is 5.95 Å². The lowest BCUT2D eigenvalue weighted by atomic mass is 10.1. The van der Waals surface area contributed by atoms with E-state index in [0.29, 0.717) is 38.4 Å². The van der Waals surface area contributed by atoms with Crippen LogP contribution in [0.5, 0.6) is 0 Å². The molecule has 1 aliphatic heterocycles. The van der Waals surface area contributed by atoms with Gasteiger partial charge in [-0.1, -0.05) is 23.2 Å². The maximum Gasteiger partial charge on any atom is 0.239 e. The molecule has 0 saturated carbocycles. The molecule has 0 N–H and O–H groups in total. The number of amides is 1. The van der Waals surface area contributed by atoms with E-state index in [9.17, 15) is 4.79 Å². The second-order valence-electron chi connectivity index (χ2n) is 5.37. The lowest BCUT2D eigenvalue weighted by Crippen LogP contribution is -2.22. The second-order valence-corrected chi connectivity index (χ2v) is 6.21. The summed E-state index contributed by atoms with van der Waals surface area (Å²) in [5.74, 6) is 0.629. The summed E-state index contributed by atoms with van der Waals surface area (Å²) in [4.78, 5) is 12.5. The highest BCUT2D eigenvalue weighted by Gasteiger charge is 2.26. The van der Waals surface area contributed by atoms with Gasteiger partial charge in [0.25, 0.3) is 0 Å². The highest BCUT2D eigenvalue weighted by Crippen LogP contribution is 2.32. The van der Waals surface area contributed by atoms with E-state index in [1.54, 1.807) is 43.3 Å². The number of hydrogen-bond donors (Lipinski definition) is 0. The van der Waals surface area contributed by atoms with Crippen LogP contribution in [-0.2, 0) is 4.79 Å². The summed E-state index contributed by atoms with van der Waals surface area (Å²) in [5.41, 5.74) is 1.52. The van der Waals surface area contributed by atoms with Gasteiger partial charge < -0.3 is 4.42 Å². The Labute approximate surface area is 157 Å². The molecule has 4 rings (SSSR count). The summed E-state index contributed by atoms with van der Waals surface area (Å²) in [6.45, 7) is 1.70. The molecule has 2 aromatic heterocycles. The molecule has 0 radical (unpaired) electrons. The van der Waals surface area contributed by atoms with Crippen molar-refractivity contribution >= 4 is 46.8 Å². The van der Waals surface area contributed by atoms with Crippen LogP contribution in [0.3, 0.4) is 0 Å². The number of benzene rings is 1. The van der Waals surface area contributed by atoms with E-state index in [0.717, 1.165) is 5.01 Å². The van der Waals surface area contributed by atoms with Crippen molar-refractivity contribution in [1.29, 1.82) is 0 Å². The van der Waals surface area contributed by atoms with Crippen LogP contribution in [0.25, 0.3) is 17.4 Å². The molecule has 1 aromatic carbocycles. The maximum atomic E-state index is 12.5. The predicted molar refractivity (Wildman–Crippen MR) is 95.9 cm³/mol. The van der Waals surface area contributed by atoms with Gasteiger partial charge in [0, 0.05) is 10.6 Å². The zero-order valence-corrected chi connectivity index (χ0v) is 14.7. The summed E-state index contributed by atoms with van der Waals surface area (Å²) in [6.07, 6.45) is 1.59. The third-order valence-corrected chi connectivity index (χ3v) is 4.23. The minimum absolute atomic E-state index is 0.0172. The van der Waals surface area contributed by atoms with Gasteiger partial charge in [0.2, 0.25) is 5.91 Å². The van der Waals surface area contributed by atoms with Crippen LogP contribution < -0.4 is 10.1 Å². The van der Waals surface area contributed by atoms with Gasteiger partial charge in [-0.05, 0) is 43.3 Å². The van der Waals surface area contributed by atoms with Crippen molar-refractivity contribution in [3.05, 3.63) is 51.7 Å². The number of anilines is 1. The molecule has 130 valence electrons. The fourth-order valence-corrected chi connectivity index (χ4v) is 2.83. The largest absolute Gasteiger partial charge is 0.457 e. The summed E-state index contributed by atoms with van der Waals surface area (Å²) in [5, 5.41) is 20.2. The van der Waals surface area contributed by atoms with E-state index in [4.69, 9.17) is 27.6 Å². The summed E-state index contributed by atoms with van der Waals surface area (Å²) in [6, 6.07) is 8.57. The molecule has 8 nitrogen and oxygen atoms in total. The molecule has 10 heteroatoms. The minimum atomic E-state index is -0.393. The predicted octanol–water partition coefficient (Wildman–Crippen LogP) is 3.20. The van der Waals surface area contributed by atoms with Gasteiger partial charge >= 0.3 is 0 Å². The number of carbonyl (C=O) groups is 1. The number of rotatable bonds is 3. The van der Waals surface area contributed by atoms with Gasteiger partial charge in [-0.25, -0.2) is 15.2 Å². The van der Waals surface area contributed by atoms with Crippen molar-refractivity contribution in [2.75, 3.05) is 5.01 Å². The highest BCUT2D eigenvalue weighted by molar-refractivity contribution is 6.35. The number of furan rings is 1. The van der Waals surface area contributed by atoms with Gasteiger partial charge in [0.05, 0.1) is 16.3 Å². The van der Waals surface area contributed by atoms with E-state index >= 15 is 0 Å². The first-order valence-electron chi connectivity index (χ1n) is 7.38. The van der Waals surface area contributed by atoms with E-state index in [1.807, 2.05) is 0 Å². The van der Waals surface area contributed by atoms with Gasteiger partial charge in [-0.2, -0.15) is 5.21 Å². The monoisotopic (exact) mass is 387 g/mol. The topological polar surface area (TPSA) is 98.6 Å². The molecule has 0 bridgehead atoms. The number of aromatic nitrogens is 4. The summed E-state index contributed by atoms with van der Waals surface area (Å²) < 4.78 is 5.79. The molecule has 0 atom stereocenters. The van der Waals surface area contributed by atoms with E-state index in [1.165, 1.54) is 0 Å². The highest BCUT2D eigenvalue weighted by atomic mass is 35.5.